The van der Waals surface area contributed by atoms with Gasteiger partial charge in [0.05, 0.1) is 24.7 Å². The largest absolute Gasteiger partial charge is 0.480 e. The van der Waals surface area contributed by atoms with E-state index < -0.39 is 15.9 Å². The molecule has 146 valence electrons. The van der Waals surface area contributed by atoms with E-state index in [-0.39, 0.29) is 22.2 Å². The van der Waals surface area contributed by atoms with Crippen molar-refractivity contribution in [2.24, 2.45) is 0 Å². The van der Waals surface area contributed by atoms with Crippen LogP contribution in [-0.2, 0) is 10.0 Å². The van der Waals surface area contributed by atoms with Crippen LogP contribution in [0, 0.1) is 13.8 Å². The fourth-order valence-electron chi connectivity index (χ4n) is 2.54. The van der Waals surface area contributed by atoms with Crippen LogP contribution in [0.2, 0.25) is 0 Å². The standard InChI is InChI=1S/C18H18N4O4S2/c1-11-5-4-6-12(2)16(11)22-28(24,25)15-9-13(10-19-18(15)26-3)20-17(23)14-7-8-27-21-14/h4-10,22H,1-3H3,(H,20,23). The second-order valence-electron chi connectivity index (χ2n) is 5.94. The summed E-state index contributed by atoms with van der Waals surface area (Å²) in [5.74, 6) is -0.537. The summed E-state index contributed by atoms with van der Waals surface area (Å²) in [4.78, 5) is 16.0. The second-order valence-corrected chi connectivity index (χ2v) is 8.26. The molecule has 3 rings (SSSR count). The maximum Gasteiger partial charge on any atom is 0.275 e. The molecule has 2 N–H and O–H groups in total. The molecule has 1 amide bonds. The lowest BCUT2D eigenvalue weighted by molar-refractivity contribution is 0.102. The monoisotopic (exact) mass is 418 g/mol. The lowest BCUT2D eigenvalue weighted by Crippen LogP contribution is -2.18. The number of hydrogen-bond acceptors (Lipinski definition) is 7. The number of sulfonamides is 1. The molecule has 3 aromatic rings. The van der Waals surface area contributed by atoms with Gasteiger partial charge in [-0.05, 0) is 48.6 Å². The zero-order valence-corrected chi connectivity index (χ0v) is 17.0. The molecule has 2 aromatic heterocycles. The summed E-state index contributed by atoms with van der Waals surface area (Å²) in [6, 6.07) is 8.33. The van der Waals surface area contributed by atoms with Crippen LogP contribution >= 0.6 is 11.5 Å². The van der Waals surface area contributed by atoms with Crippen molar-refractivity contribution in [1.82, 2.24) is 9.36 Å². The van der Waals surface area contributed by atoms with Crippen LogP contribution in [0.15, 0.2) is 46.8 Å². The van der Waals surface area contributed by atoms with E-state index in [1.807, 2.05) is 32.0 Å². The molecule has 0 unspecified atom stereocenters. The third-order valence-corrected chi connectivity index (χ3v) is 5.85. The molecule has 0 spiro atoms. The third-order valence-electron chi connectivity index (χ3n) is 3.95. The highest BCUT2D eigenvalue weighted by molar-refractivity contribution is 7.92. The molecule has 0 atom stereocenters. The van der Waals surface area contributed by atoms with Gasteiger partial charge < -0.3 is 10.1 Å². The van der Waals surface area contributed by atoms with Crippen LogP contribution in [0.3, 0.4) is 0 Å². The fraction of sp³-hybridized carbons (Fsp3) is 0.167. The number of aryl methyl sites for hydroxylation is 2. The maximum atomic E-state index is 13.0. The quantitative estimate of drug-likeness (QED) is 0.636. The van der Waals surface area contributed by atoms with Crippen molar-refractivity contribution in [3.8, 4) is 5.88 Å². The molecule has 10 heteroatoms. The van der Waals surface area contributed by atoms with E-state index >= 15 is 0 Å². The SMILES string of the molecule is COc1ncc(NC(=O)c2ccsn2)cc1S(=O)(=O)Nc1c(C)cccc1C. The van der Waals surface area contributed by atoms with E-state index in [0.29, 0.717) is 5.69 Å². The Hall–Kier alpha value is -2.98. The molecule has 28 heavy (non-hydrogen) atoms. The molecule has 0 fully saturated rings. The van der Waals surface area contributed by atoms with Gasteiger partial charge in [0, 0.05) is 5.38 Å². The molecule has 0 radical (unpaired) electrons. The average molecular weight is 419 g/mol. The van der Waals surface area contributed by atoms with Crippen molar-refractivity contribution in [3.05, 3.63) is 58.7 Å². The number of para-hydroxylation sites is 1. The Morgan fingerprint density at radius 2 is 1.89 bits per heavy atom. The number of rotatable bonds is 6. The normalized spacial score (nSPS) is 11.1. The number of hydrogen-bond donors (Lipinski definition) is 2. The van der Waals surface area contributed by atoms with Gasteiger partial charge in [-0.15, -0.1) is 0 Å². The summed E-state index contributed by atoms with van der Waals surface area (Å²) in [5, 5.41) is 4.26. The molecule has 0 saturated heterocycles. The molecule has 0 aliphatic heterocycles. The Labute approximate surface area is 166 Å². The topological polar surface area (TPSA) is 110 Å². The van der Waals surface area contributed by atoms with Gasteiger partial charge in [-0.2, -0.15) is 4.37 Å². The summed E-state index contributed by atoms with van der Waals surface area (Å²) in [7, 11) is -2.69. The van der Waals surface area contributed by atoms with Gasteiger partial charge in [-0.3, -0.25) is 9.52 Å². The van der Waals surface area contributed by atoms with E-state index in [1.165, 1.54) is 19.4 Å². The summed E-state index contributed by atoms with van der Waals surface area (Å²) in [6.45, 7) is 3.62. The van der Waals surface area contributed by atoms with Gasteiger partial charge in [0.25, 0.3) is 15.9 Å². The molecular weight excluding hydrogens is 400 g/mol. The minimum atomic E-state index is -4.02. The molecule has 8 nitrogen and oxygen atoms in total. The number of nitrogens with one attached hydrogen (secondary N) is 2. The van der Waals surface area contributed by atoms with E-state index in [1.54, 1.807) is 11.4 Å². The highest BCUT2D eigenvalue weighted by Gasteiger charge is 2.23. The zero-order chi connectivity index (χ0) is 20.3. The second kappa shape index (κ2) is 7.95. The first-order valence-corrected chi connectivity index (χ1v) is 10.5. The minimum Gasteiger partial charge on any atom is -0.480 e. The van der Waals surface area contributed by atoms with E-state index in [2.05, 4.69) is 19.4 Å². The number of anilines is 2. The molecule has 0 bridgehead atoms. The Morgan fingerprint density at radius 1 is 1.18 bits per heavy atom. The number of nitrogens with zero attached hydrogens (tertiary/aromatic N) is 2. The van der Waals surface area contributed by atoms with Crippen LogP contribution in [0.4, 0.5) is 11.4 Å². The number of ether oxygens (including phenoxy) is 1. The Kier molecular flexibility index (Phi) is 5.61. The Morgan fingerprint density at radius 3 is 2.50 bits per heavy atom. The third kappa shape index (κ3) is 4.12. The van der Waals surface area contributed by atoms with Crippen LogP contribution in [0.1, 0.15) is 21.6 Å². The number of benzene rings is 1. The lowest BCUT2D eigenvalue weighted by atomic mass is 10.1. The fourth-order valence-corrected chi connectivity index (χ4v) is 4.39. The van der Waals surface area contributed by atoms with Crippen molar-refractivity contribution < 1.29 is 17.9 Å². The lowest BCUT2D eigenvalue weighted by Gasteiger charge is -2.15. The predicted octanol–water partition coefficient (Wildman–Crippen LogP) is 3.22. The molecule has 1 aromatic carbocycles. The summed E-state index contributed by atoms with van der Waals surface area (Å²) in [6.07, 6.45) is 1.32. The number of carbonyl (C=O) groups is 1. The molecule has 2 heterocycles. The van der Waals surface area contributed by atoms with Crippen molar-refractivity contribution in [1.29, 1.82) is 0 Å². The minimum absolute atomic E-state index is 0.0783. The number of carbonyl (C=O) groups excluding carboxylic acids is 1. The van der Waals surface area contributed by atoms with E-state index in [0.717, 1.165) is 22.7 Å². The van der Waals surface area contributed by atoms with E-state index in [9.17, 15) is 13.2 Å². The highest BCUT2D eigenvalue weighted by Crippen LogP contribution is 2.29. The van der Waals surface area contributed by atoms with Gasteiger partial charge in [-0.1, -0.05) is 18.2 Å². The van der Waals surface area contributed by atoms with Crippen molar-refractivity contribution in [2.45, 2.75) is 18.7 Å². The van der Waals surface area contributed by atoms with Crippen molar-refractivity contribution >= 4 is 38.8 Å². The van der Waals surface area contributed by atoms with Crippen LogP contribution in [0.25, 0.3) is 0 Å². The molecule has 0 aliphatic carbocycles. The summed E-state index contributed by atoms with van der Waals surface area (Å²) >= 11 is 1.14. The molecular formula is C18H18N4O4S2. The predicted molar refractivity (Wildman–Crippen MR) is 108 cm³/mol. The van der Waals surface area contributed by atoms with Gasteiger partial charge in [-0.25, -0.2) is 13.4 Å². The zero-order valence-electron chi connectivity index (χ0n) is 15.4. The number of methoxy groups -OCH3 is 1. The van der Waals surface area contributed by atoms with Gasteiger partial charge in [0.1, 0.15) is 5.69 Å². The smallest absolute Gasteiger partial charge is 0.275 e. The Bertz CT molecular complexity index is 1090. The Balaban J connectivity index is 1.96. The first-order chi connectivity index (χ1) is 13.3. The molecule has 0 aliphatic rings. The van der Waals surface area contributed by atoms with Gasteiger partial charge in [0.15, 0.2) is 4.90 Å². The maximum absolute atomic E-state index is 13.0. The van der Waals surface area contributed by atoms with Gasteiger partial charge >= 0.3 is 0 Å². The van der Waals surface area contributed by atoms with Crippen LogP contribution in [0.5, 0.6) is 5.88 Å². The van der Waals surface area contributed by atoms with Crippen LogP contribution in [-0.4, -0.2) is 30.8 Å². The van der Waals surface area contributed by atoms with Gasteiger partial charge in [0.2, 0.25) is 5.88 Å². The summed E-state index contributed by atoms with van der Waals surface area (Å²) in [5.41, 5.74) is 2.49. The number of aromatic nitrogens is 2. The number of amides is 1. The molecule has 0 saturated carbocycles. The average Bonchev–Trinajstić information content (AvgIpc) is 3.20. The highest BCUT2D eigenvalue weighted by atomic mass is 32.2. The first kappa shape index (κ1) is 19.8. The first-order valence-electron chi connectivity index (χ1n) is 8.16. The van der Waals surface area contributed by atoms with Crippen molar-refractivity contribution in [3.63, 3.8) is 0 Å². The number of pyridine rings is 1. The van der Waals surface area contributed by atoms with E-state index in [4.69, 9.17) is 4.74 Å². The van der Waals surface area contributed by atoms with Crippen molar-refractivity contribution in [2.75, 3.05) is 17.1 Å². The summed E-state index contributed by atoms with van der Waals surface area (Å²) < 4.78 is 37.6. The van der Waals surface area contributed by atoms with Crippen LogP contribution < -0.4 is 14.8 Å².